The Bertz CT molecular complexity index is 1380. The SMILES string of the molecule is CCCC[C@@H](C)C[C@@H](C)C(=O)N(C)[C@@H](CC(C)C)C(=O)N[C@H](C(=O)N(C)[C@H](C(=O)N1C[C@@H](O)C[C@H]1C(=O)N1C(=O)C=C[C@@H]1C)C(C)C)[C@@H](C)OC(=O)CC. The molecule has 0 unspecified atom stereocenters. The molecule has 6 amide bonds. The highest BCUT2D eigenvalue weighted by Gasteiger charge is 2.48. The lowest BCUT2D eigenvalue weighted by Gasteiger charge is -2.38. The fourth-order valence-electron chi connectivity index (χ4n) is 7.53. The Morgan fingerprint density at radius 1 is 0.963 bits per heavy atom. The zero-order chi connectivity index (χ0) is 41.2. The summed E-state index contributed by atoms with van der Waals surface area (Å²) < 4.78 is 5.56. The predicted molar refractivity (Wildman–Crippen MR) is 204 cm³/mol. The van der Waals surface area contributed by atoms with Gasteiger partial charge in [0.25, 0.3) is 11.8 Å². The van der Waals surface area contributed by atoms with Gasteiger partial charge in [-0.3, -0.25) is 38.5 Å². The molecule has 0 spiro atoms. The van der Waals surface area contributed by atoms with Gasteiger partial charge < -0.3 is 29.9 Å². The summed E-state index contributed by atoms with van der Waals surface area (Å²) in [6, 6.07) is -5.19. The lowest BCUT2D eigenvalue weighted by atomic mass is 9.91. The Balaban J connectivity index is 2.44. The van der Waals surface area contributed by atoms with Crippen molar-refractivity contribution < 1.29 is 43.4 Å². The first kappa shape index (κ1) is 46.3. The highest BCUT2D eigenvalue weighted by molar-refractivity contribution is 6.06. The lowest BCUT2D eigenvalue weighted by Crippen LogP contribution is -2.62. The number of unbranched alkanes of at least 4 members (excludes halogenated alkanes) is 1. The number of nitrogens with zero attached hydrogens (tertiary/aromatic N) is 4. The van der Waals surface area contributed by atoms with Gasteiger partial charge in [-0.05, 0) is 44.4 Å². The number of amides is 6. The summed E-state index contributed by atoms with van der Waals surface area (Å²) in [5.74, 6) is -4.36. The van der Waals surface area contributed by atoms with Crippen LogP contribution in [0.2, 0.25) is 0 Å². The zero-order valence-corrected chi connectivity index (χ0v) is 34.7. The van der Waals surface area contributed by atoms with E-state index in [2.05, 4.69) is 19.2 Å². The fourth-order valence-corrected chi connectivity index (χ4v) is 7.53. The van der Waals surface area contributed by atoms with Crippen LogP contribution >= 0.6 is 0 Å². The Morgan fingerprint density at radius 3 is 2.11 bits per heavy atom. The molecule has 2 N–H and O–H groups in total. The van der Waals surface area contributed by atoms with E-state index in [4.69, 9.17) is 4.74 Å². The number of hydrogen-bond donors (Lipinski definition) is 2. The van der Waals surface area contributed by atoms with E-state index in [0.29, 0.717) is 18.8 Å². The molecule has 0 aromatic heterocycles. The number of carbonyl (C=O) groups excluding carboxylic acids is 7. The normalized spacial score (nSPS) is 21.8. The third-order valence-electron chi connectivity index (χ3n) is 10.6. The second-order valence-corrected chi connectivity index (χ2v) is 16.2. The number of likely N-dealkylation sites (tertiary alicyclic amines) is 1. The molecule has 9 atom stereocenters. The first-order valence-corrected chi connectivity index (χ1v) is 19.7. The third kappa shape index (κ3) is 11.8. The highest BCUT2D eigenvalue weighted by Crippen LogP contribution is 2.27. The van der Waals surface area contributed by atoms with Crippen molar-refractivity contribution in [3.05, 3.63) is 12.2 Å². The highest BCUT2D eigenvalue weighted by atomic mass is 16.5. The van der Waals surface area contributed by atoms with Gasteiger partial charge in [0.2, 0.25) is 23.6 Å². The van der Waals surface area contributed by atoms with Crippen LogP contribution in [-0.4, -0.2) is 129 Å². The quantitative estimate of drug-likeness (QED) is 0.148. The topological polar surface area (TPSA) is 174 Å². The molecule has 1 saturated heterocycles. The van der Waals surface area contributed by atoms with Crippen LogP contribution in [0.5, 0.6) is 0 Å². The molecule has 2 aliphatic heterocycles. The molecule has 14 heteroatoms. The lowest BCUT2D eigenvalue weighted by molar-refractivity contribution is -0.158. The number of ether oxygens (including phenoxy) is 1. The van der Waals surface area contributed by atoms with Crippen LogP contribution in [0.25, 0.3) is 0 Å². The Labute approximate surface area is 322 Å². The minimum Gasteiger partial charge on any atom is -0.460 e. The average molecular weight is 762 g/mol. The molecule has 2 aliphatic rings. The maximum Gasteiger partial charge on any atom is 0.305 e. The number of rotatable bonds is 19. The van der Waals surface area contributed by atoms with Crippen molar-refractivity contribution in [3.63, 3.8) is 0 Å². The molecule has 0 radical (unpaired) electrons. The smallest absolute Gasteiger partial charge is 0.305 e. The molecule has 0 aromatic carbocycles. The van der Waals surface area contributed by atoms with Gasteiger partial charge >= 0.3 is 5.97 Å². The van der Waals surface area contributed by atoms with Gasteiger partial charge in [0.05, 0.1) is 12.1 Å². The van der Waals surface area contributed by atoms with Gasteiger partial charge in [0.15, 0.2) is 0 Å². The van der Waals surface area contributed by atoms with Crippen LogP contribution < -0.4 is 5.32 Å². The number of esters is 1. The molecule has 1 fully saturated rings. The van der Waals surface area contributed by atoms with Crippen molar-refractivity contribution in [1.82, 2.24) is 24.9 Å². The van der Waals surface area contributed by atoms with Gasteiger partial charge in [0.1, 0.15) is 30.3 Å². The molecule has 14 nitrogen and oxygen atoms in total. The predicted octanol–water partition coefficient (Wildman–Crippen LogP) is 3.30. The number of hydrogen-bond acceptors (Lipinski definition) is 9. The van der Waals surface area contributed by atoms with Crippen molar-refractivity contribution in [2.45, 2.75) is 157 Å². The van der Waals surface area contributed by atoms with Crippen LogP contribution in [0.3, 0.4) is 0 Å². The molecule has 2 rings (SSSR count). The van der Waals surface area contributed by atoms with Gasteiger partial charge in [-0.1, -0.05) is 80.7 Å². The molecule has 2 heterocycles. The van der Waals surface area contributed by atoms with Gasteiger partial charge in [0, 0.05) is 45.5 Å². The molecular weight excluding hydrogens is 694 g/mol. The molecule has 306 valence electrons. The number of aliphatic hydroxyl groups excluding tert-OH is 1. The van der Waals surface area contributed by atoms with Gasteiger partial charge in [-0.15, -0.1) is 0 Å². The van der Waals surface area contributed by atoms with Gasteiger partial charge in [-0.25, -0.2) is 0 Å². The second kappa shape index (κ2) is 20.8. The molecule has 0 saturated carbocycles. The summed E-state index contributed by atoms with van der Waals surface area (Å²) in [7, 11) is 2.99. The van der Waals surface area contributed by atoms with E-state index in [1.165, 1.54) is 34.7 Å². The molecule has 0 bridgehead atoms. The standard InChI is InChI=1S/C40H67N5O9/c1-13-15-16-25(7)20-26(8)37(50)42(11)30(19-23(3)4)36(49)41-34(28(10)54-33(48)14-2)39(52)43(12)35(24(5)6)40(53)44-22-29(46)21-31(44)38(51)45-27(9)17-18-32(45)47/h17-18,23-31,34-35,46H,13-16,19-22H2,1-12H3,(H,41,49)/t25-,26-,27+,28-,29+,30+,31+,34+,35+/m1/s1. The number of carbonyl (C=O) groups is 7. The van der Waals surface area contributed by atoms with Crippen LogP contribution in [0.15, 0.2) is 12.2 Å². The zero-order valence-electron chi connectivity index (χ0n) is 34.7. The Morgan fingerprint density at radius 2 is 1.59 bits per heavy atom. The maximum absolute atomic E-state index is 14.5. The summed E-state index contributed by atoms with van der Waals surface area (Å²) in [5.41, 5.74) is 0. The van der Waals surface area contributed by atoms with E-state index in [1.54, 1.807) is 40.8 Å². The second-order valence-electron chi connectivity index (χ2n) is 16.2. The first-order valence-electron chi connectivity index (χ1n) is 19.7. The average Bonchev–Trinajstić information content (AvgIpc) is 3.67. The minimum absolute atomic E-state index is 0.00554. The minimum atomic E-state index is -1.44. The summed E-state index contributed by atoms with van der Waals surface area (Å²) >= 11 is 0. The Kier molecular flexibility index (Phi) is 17.8. The fraction of sp³-hybridized carbons (Fsp3) is 0.775. The number of aliphatic hydroxyl groups is 1. The molecule has 0 aliphatic carbocycles. The van der Waals surface area contributed by atoms with Crippen LogP contribution in [0.4, 0.5) is 0 Å². The number of likely N-dealkylation sites (N-methyl/N-ethyl adjacent to an activating group) is 2. The largest absolute Gasteiger partial charge is 0.460 e. The number of nitrogens with one attached hydrogen (secondary N) is 1. The van der Waals surface area contributed by atoms with E-state index in [-0.39, 0.29) is 37.1 Å². The molecule has 54 heavy (non-hydrogen) atoms. The van der Waals surface area contributed by atoms with Crippen LogP contribution in [0.1, 0.15) is 114 Å². The summed E-state index contributed by atoms with van der Waals surface area (Å²) in [5, 5.41) is 13.4. The van der Waals surface area contributed by atoms with E-state index >= 15 is 0 Å². The number of imide groups is 1. The maximum atomic E-state index is 14.5. The van der Waals surface area contributed by atoms with E-state index < -0.39 is 83.8 Å². The third-order valence-corrected chi connectivity index (χ3v) is 10.6. The molecular formula is C40H67N5O9. The summed E-state index contributed by atoms with van der Waals surface area (Å²) in [4.78, 5) is 100. The van der Waals surface area contributed by atoms with Crippen molar-refractivity contribution in [1.29, 1.82) is 0 Å². The Hall–Kier alpha value is -3.81. The van der Waals surface area contributed by atoms with Gasteiger partial charge in [-0.2, -0.15) is 0 Å². The van der Waals surface area contributed by atoms with E-state index in [0.717, 1.165) is 24.2 Å². The van der Waals surface area contributed by atoms with Crippen molar-refractivity contribution in [2.75, 3.05) is 20.6 Å². The first-order chi connectivity index (χ1) is 25.2. The number of β-amino-alcohol motifs (C(OH)–C–C–N with tert-alkyl or cyclic N) is 1. The van der Waals surface area contributed by atoms with E-state index in [1.807, 2.05) is 20.8 Å². The van der Waals surface area contributed by atoms with Crippen LogP contribution in [0, 0.1) is 23.7 Å². The molecule has 0 aromatic rings. The van der Waals surface area contributed by atoms with Crippen LogP contribution in [-0.2, 0) is 38.3 Å². The summed E-state index contributed by atoms with van der Waals surface area (Å²) in [6.45, 7) is 18.0. The van der Waals surface area contributed by atoms with Crippen molar-refractivity contribution in [3.8, 4) is 0 Å². The monoisotopic (exact) mass is 761 g/mol. The van der Waals surface area contributed by atoms with Crippen molar-refractivity contribution >= 4 is 41.4 Å². The summed E-state index contributed by atoms with van der Waals surface area (Å²) in [6.07, 6.45) is 4.74. The van der Waals surface area contributed by atoms with E-state index in [9.17, 15) is 38.7 Å². The van der Waals surface area contributed by atoms with Crippen molar-refractivity contribution in [2.24, 2.45) is 23.7 Å².